The summed E-state index contributed by atoms with van der Waals surface area (Å²) in [6.07, 6.45) is 0.769. The Bertz CT molecular complexity index is 533. The molecule has 2 rings (SSSR count). The minimum absolute atomic E-state index is 0.0702. The van der Waals surface area contributed by atoms with E-state index in [-0.39, 0.29) is 6.04 Å². The lowest BCUT2D eigenvalue weighted by Gasteiger charge is -2.05. The van der Waals surface area contributed by atoms with Crippen molar-refractivity contribution >= 4 is 11.6 Å². The Labute approximate surface area is 101 Å². The third-order valence-electron chi connectivity index (χ3n) is 2.89. The number of halogens is 2. The molecular formula is C11H10F2N2O3. The highest BCUT2D eigenvalue weighted by Gasteiger charge is 2.35. The fourth-order valence-electron chi connectivity index (χ4n) is 1.64. The number of benzene rings is 1. The van der Waals surface area contributed by atoms with E-state index in [2.05, 4.69) is 5.32 Å². The summed E-state index contributed by atoms with van der Waals surface area (Å²) in [4.78, 5) is 21.1. The van der Waals surface area contributed by atoms with E-state index in [0.29, 0.717) is 18.1 Å². The van der Waals surface area contributed by atoms with Crippen molar-refractivity contribution in [2.75, 3.05) is 0 Å². The van der Waals surface area contributed by atoms with Gasteiger partial charge < -0.3 is 5.32 Å². The van der Waals surface area contributed by atoms with Crippen molar-refractivity contribution in [1.82, 2.24) is 5.32 Å². The highest BCUT2D eigenvalue weighted by Crippen LogP contribution is 2.30. The molecule has 0 saturated heterocycles. The average molecular weight is 256 g/mol. The van der Waals surface area contributed by atoms with Crippen LogP contribution in [0.25, 0.3) is 0 Å². The third-order valence-corrected chi connectivity index (χ3v) is 2.89. The van der Waals surface area contributed by atoms with Crippen molar-refractivity contribution in [3.63, 3.8) is 0 Å². The lowest BCUT2D eigenvalue weighted by Crippen LogP contribution is -2.27. The molecule has 1 aliphatic carbocycles. The zero-order valence-electron chi connectivity index (χ0n) is 9.44. The molecule has 1 aliphatic rings. The normalized spacial score (nSPS) is 21.5. The molecule has 1 aromatic carbocycles. The minimum atomic E-state index is -1.31. The number of nitrogens with one attached hydrogen (secondary N) is 1. The second-order valence-corrected chi connectivity index (χ2v) is 4.34. The lowest BCUT2D eigenvalue weighted by atomic mass is 10.1. The van der Waals surface area contributed by atoms with Crippen molar-refractivity contribution in [3.05, 3.63) is 39.4 Å². The molecule has 2 unspecified atom stereocenters. The zero-order chi connectivity index (χ0) is 13.4. The Hall–Kier alpha value is -2.05. The highest BCUT2D eigenvalue weighted by molar-refractivity contribution is 5.95. The molecule has 1 amide bonds. The minimum Gasteiger partial charge on any atom is -0.349 e. The Morgan fingerprint density at radius 2 is 2.11 bits per heavy atom. The molecule has 0 aromatic heterocycles. The van der Waals surface area contributed by atoms with Gasteiger partial charge in [0.2, 0.25) is 5.82 Å². The van der Waals surface area contributed by atoms with Gasteiger partial charge in [-0.3, -0.25) is 14.9 Å². The van der Waals surface area contributed by atoms with E-state index in [1.807, 2.05) is 6.92 Å². The monoisotopic (exact) mass is 256 g/mol. The Morgan fingerprint density at radius 1 is 1.50 bits per heavy atom. The largest absolute Gasteiger partial charge is 0.349 e. The van der Waals surface area contributed by atoms with Crippen LogP contribution in [0.4, 0.5) is 14.5 Å². The fraction of sp³-hybridized carbons (Fsp3) is 0.364. The van der Waals surface area contributed by atoms with Gasteiger partial charge in [-0.15, -0.1) is 0 Å². The number of carbonyl (C=O) groups is 1. The van der Waals surface area contributed by atoms with Gasteiger partial charge in [-0.1, -0.05) is 6.92 Å². The molecule has 2 atom stereocenters. The maximum atomic E-state index is 13.7. The summed E-state index contributed by atoms with van der Waals surface area (Å²) in [5, 5.41) is 13.0. The molecule has 0 heterocycles. The number of hydrogen-bond donors (Lipinski definition) is 1. The van der Waals surface area contributed by atoms with Crippen LogP contribution in [-0.4, -0.2) is 16.9 Å². The molecule has 0 radical (unpaired) electrons. The van der Waals surface area contributed by atoms with Gasteiger partial charge in [0, 0.05) is 6.04 Å². The van der Waals surface area contributed by atoms with Gasteiger partial charge in [0.25, 0.3) is 5.91 Å². The smallest absolute Gasteiger partial charge is 0.308 e. The molecule has 0 spiro atoms. The van der Waals surface area contributed by atoms with E-state index in [9.17, 15) is 23.7 Å². The Balaban J connectivity index is 2.31. The van der Waals surface area contributed by atoms with Crippen molar-refractivity contribution in [2.45, 2.75) is 19.4 Å². The van der Waals surface area contributed by atoms with Crippen LogP contribution in [-0.2, 0) is 0 Å². The number of nitro benzene ring substituents is 1. The summed E-state index contributed by atoms with van der Waals surface area (Å²) in [6.45, 7) is 1.90. The first-order chi connectivity index (χ1) is 8.40. The van der Waals surface area contributed by atoms with Crippen molar-refractivity contribution < 1.29 is 18.5 Å². The quantitative estimate of drug-likeness (QED) is 0.664. The van der Waals surface area contributed by atoms with Gasteiger partial charge in [0.1, 0.15) is 5.82 Å². The van der Waals surface area contributed by atoms with Crippen LogP contribution in [0.3, 0.4) is 0 Å². The predicted molar refractivity (Wildman–Crippen MR) is 58.0 cm³/mol. The van der Waals surface area contributed by atoms with Gasteiger partial charge in [0.05, 0.1) is 16.6 Å². The first-order valence-electron chi connectivity index (χ1n) is 5.34. The predicted octanol–water partition coefficient (Wildman–Crippen LogP) is 2.01. The average Bonchev–Trinajstić information content (AvgIpc) is 2.96. The molecule has 96 valence electrons. The molecule has 1 fully saturated rings. The number of nitro groups is 1. The van der Waals surface area contributed by atoms with Gasteiger partial charge >= 0.3 is 5.69 Å². The Kier molecular flexibility index (Phi) is 2.98. The molecule has 1 saturated carbocycles. The zero-order valence-corrected chi connectivity index (χ0v) is 9.44. The van der Waals surface area contributed by atoms with Crippen LogP contribution in [0.1, 0.15) is 23.7 Å². The van der Waals surface area contributed by atoms with Crippen LogP contribution in [0, 0.1) is 27.7 Å². The molecular weight excluding hydrogens is 246 g/mol. The summed E-state index contributed by atoms with van der Waals surface area (Å²) in [7, 11) is 0. The number of carbonyl (C=O) groups excluding carboxylic acids is 1. The van der Waals surface area contributed by atoms with Crippen LogP contribution >= 0.6 is 0 Å². The van der Waals surface area contributed by atoms with Crippen molar-refractivity contribution in [2.24, 2.45) is 5.92 Å². The molecule has 18 heavy (non-hydrogen) atoms. The number of hydrogen-bond acceptors (Lipinski definition) is 3. The summed E-state index contributed by atoms with van der Waals surface area (Å²) >= 11 is 0. The van der Waals surface area contributed by atoms with Crippen molar-refractivity contribution in [1.29, 1.82) is 0 Å². The van der Waals surface area contributed by atoms with Gasteiger partial charge in [-0.05, 0) is 18.4 Å². The van der Waals surface area contributed by atoms with E-state index in [1.165, 1.54) is 0 Å². The van der Waals surface area contributed by atoms with Gasteiger partial charge in [-0.25, -0.2) is 4.39 Å². The molecule has 0 aliphatic heterocycles. The van der Waals surface area contributed by atoms with Crippen LogP contribution in [0.15, 0.2) is 12.1 Å². The van der Waals surface area contributed by atoms with E-state index in [4.69, 9.17) is 0 Å². The lowest BCUT2D eigenvalue weighted by molar-refractivity contribution is -0.387. The standard InChI is InChI=1S/C11H10F2N2O3/c1-5-2-8(5)14-11(16)7-3-6(12)4-9(10(7)13)15(17)18/h3-5,8H,2H2,1H3,(H,14,16). The second-order valence-electron chi connectivity index (χ2n) is 4.34. The number of amides is 1. The summed E-state index contributed by atoms with van der Waals surface area (Å²) in [5.41, 5.74) is -1.68. The first-order valence-corrected chi connectivity index (χ1v) is 5.34. The first kappa shape index (κ1) is 12.4. The SMILES string of the molecule is CC1CC1NC(=O)c1cc(F)cc([N+](=O)[O-])c1F. The maximum Gasteiger partial charge on any atom is 0.308 e. The van der Waals surface area contributed by atoms with Gasteiger partial charge in [-0.2, -0.15) is 4.39 Å². The summed E-state index contributed by atoms with van der Waals surface area (Å²) < 4.78 is 26.8. The molecule has 0 bridgehead atoms. The highest BCUT2D eigenvalue weighted by atomic mass is 19.1. The third kappa shape index (κ3) is 2.29. The summed E-state index contributed by atoms with van der Waals surface area (Å²) in [6, 6.07) is 1.04. The van der Waals surface area contributed by atoms with E-state index in [1.54, 1.807) is 0 Å². The van der Waals surface area contributed by atoms with Crippen LogP contribution in [0.2, 0.25) is 0 Å². The molecule has 1 N–H and O–H groups in total. The topological polar surface area (TPSA) is 72.2 Å². The van der Waals surface area contributed by atoms with Crippen LogP contribution in [0.5, 0.6) is 0 Å². The molecule has 1 aromatic rings. The van der Waals surface area contributed by atoms with E-state index >= 15 is 0 Å². The number of nitrogens with zero attached hydrogens (tertiary/aromatic N) is 1. The van der Waals surface area contributed by atoms with Crippen molar-refractivity contribution in [3.8, 4) is 0 Å². The number of rotatable bonds is 3. The molecule has 7 heteroatoms. The Morgan fingerprint density at radius 3 is 2.61 bits per heavy atom. The van der Waals surface area contributed by atoms with E-state index in [0.717, 1.165) is 6.42 Å². The summed E-state index contributed by atoms with van der Waals surface area (Å²) in [5.74, 6) is -2.87. The molecule has 5 nitrogen and oxygen atoms in total. The van der Waals surface area contributed by atoms with E-state index < -0.39 is 33.7 Å². The van der Waals surface area contributed by atoms with Crippen LogP contribution < -0.4 is 5.32 Å². The maximum absolute atomic E-state index is 13.7. The van der Waals surface area contributed by atoms with Gasteiger partial charge in [0.15, 0.2) is 0 Å². The second kappa shape index (κ2) is 4.32. The fourth-order valence-corrected chi connectivity index (χ4v) is 1.64.